The Balaban J connectivity index is 1.43. The Labute approximate surface area is 177 Å². The lowest BCUT2D eigenvalue weighted by molar-refractivity contribution is -0.274. The number of benzene rings is 2. The van der Waals surface area contributed by atoms with E-state index in [0.29, 0.717) is 18.7 Å². The van der Waals surface area contributed by atoms with Gasteiger partial charge in [0.15, 0.2) is 0 Å². The standard InChI is InChI=1S/C23H21F3N2O3/c1-30-19-6-7-20-17(14-19)8-11-27-21(20)15-9-12-28(13-10-15)22(29)16-2-4-18(5-3-16)31-23(24,25)26/h2-8,11,14-15H,9-10,12-13H2,1H3. The number of fused-ring (bicyclic) bond motifs is 1. The molecule has 1 aliphatic heterocycles. The number of nitrogens with zero attached hydrogens (tertiary/aromatic N) is 2. The number of pyridine rings is 1. The molecule has 1 amide bonds. The fraction of sp³-hybridized carbons (Fsp3) is 0.304. The number of hydrogen-bond donors (Lipinski definition) is 0. The lowest BCUT2D eigenvalue weighted by Crippen LogP contribution is -2.38. The summed E-state index contributed by atoms with van der Waals surface area (Å²) in [6, 6.07) is 12.9. The highest BCUT2D eigenvalue weighted by Gasteiger charge is 2.31. The number of aromatic nitrogens is 1. The van der Waals surface area contributed by atoms with Crippen LogP contribution in [0.1, 0.15) is 34.8 Å². The van der Waals surface area contributed by atoms with Gasteiger partial charge in [0.2, 0.25) is 0 Å². The Morgan fingerprint density at radius 2 is 1.71 bits per heavy atom. The predicted octanol–water partition coefficient (Wildman–Crippen LogP) is 5.16. The van der Waals surface area contributed by atoms with Crippen LogP contribution in [0.3, 0.4) is 0 Å². The molecule has 0 bridgehead atoms. The zero-order valence-corrected chi connectivity index (χ0v) is 16.9. The fourth-order valence-corrected chi connectivity index (χ4v) is 3.97. The number of alkyl halides is 3. The molecule has 2 aromatic carbocycles. The molecule has 2 heterocycles. The first kappa shape index (κ1) is 21.0. The third-order valence-corrected chi connectivity index (χ3v) is 5.51. The van der Waals surface area contributed by atoms with E-state index in [1.807, 2.05) is 24.3 Å². The lowest BCUT2D eigenvalue weighted by Gasteiger charge is -2.32. The Kier molecular flexibility index (Phi) is 5.71. The van der Waals surface area contributed by atoms with Gasteiger partial charge in [-0.3, -0.25) is 9.78 Å². The highest BCUT2D eigenvalue weighted by Crippen LogP contribution is 2.33. The van der Waals surface area contributed by atoms with E-state index in [1.54, 1.807) is 18.2 Å². The van der Waals surface area contributed by atoms with Crippen molar-refractivity contribution >= 4 is 16.7 Å². The second-order valence-corrected chi connectivity index (χ2v) is 7.42. The first-order chi connectivity index (χ1) is 14.8. The largest absolute Gasteiger partial charge is 0.573 e. The number of carbonyl (C=O) groups excluding carboxylic acids is 1. The van der Waals surface area contributed by atoms with Crippen LogP contribution >= 0.6 is 0 Å². The van der Waals surface area contributed by atoms with E-state index < -0.39 is 6.36 Å². The van der Waals surface area contributed by atoms with Gasteiger partial charge in [-0.25, -0.2) is 0 Å². The summed E-state index contributed by atoms with van der Waals surface area (Å²) in [6.45, 7) is 1.11. The molecule has 162 valence electrons. The van der Waals surface area contributed by atoms with E-state index in [1.165, 1.54) is 12.1 Å². The average Bonchev–Trinajstić information content (AvgIpc) is 2.77. The number of halogens is 3. The minimum Gasteiger partial charge on any atom is -0.497 e. The van der Waals surface area contributed by atoms with Crippen molar-refractivity contribution in [2.24, 2.45) is 0 Å². The Bertz CT molecular complexity index is 1080. The Morgan fingerprint density at radius 1 is 1.03 bits per heavy atom. The van der Waals surface area contributed by atoms with Gasteiger partial charge < -0.3 is 14.4 Å². The third-order valence-electron chi connectivity index (χ3n) is 5.51. The molecule has 5 nitrogen and oxygen atoms in total. The molecule has 0 N–H and O–H groups in total. The molecule has 0 aliphatic carbocycles. The summed E-state index contributed by atoms with van der Waals surface area (Å²) >= 11 is 0. The smallest absolute Gasteiger partial charge is 0.497 e. The summed E-state index contributed by atoms with van der Waals surface area (Å²) in [5.74, 6) is 0.467. The van der Waals surface area contributed by atoms with Gasteiger partial charge >= 0.3 is 6.36 Å². The van der Waals surface area contributed by atoms with Crippen molar-refractivity contribution < 1.29 is 27.4 Å². The predicted molar refractivity (Wildman–Crippen MR) is 109 cm³/mol. The molecular weight excluding hydrogens is 409 g/mol. The SMILES string of the molecule is COc1ccc2c(C3CCN(C(=O)c4ccc(OC(F)(F)F)cc4)CC3)nccc2c1. The van der Waals surface area contributed by atoms with E-state index in [9.17, 15) is 18.0 Å². The molecule has 1 aliphatic rings. The van der Waals surface area contributed by atoms with Gasteiger partial charge in [-0.15, -0.1) is 13.2 Å². The van der Waals surface area contributed by atoms with Crippen LogP contribution in [0.25, 0.3) is 10.8 Å². The van der Waals surface area contributed by atoms with Crippen LogP contribution in [0.5, 0.6) is 11.5 Å². The van der Waals surface area contributed by atoms with E-state index in [-0.39, 0.29) is 17.6 Å². The molecule has 1 fully saturated rings. The minimum absolute atomic E-state index is 0.201. The first-order valence-corrected chi connectivity index (χ1v) is 9.92. The van der Waals surface area contributed by atoms with Gasteiger partial charge in [-0.2, -0.15) is 0 Å². The maximum absolute atomic E-state index is 12.8. The Morgan fingerprint density at radius 3 is 2.35 bits per heavy atom. The molecule has 0 unspecified atom stereocenters. The van der Waals surface area contributed by atoms with Crippen molar-refractivity contribution in [3.8, 4) is 11.5 Å². The fourth-order valence-electron chi connectivity index (χ4n) is 3.97. The monoisotopic (exact) mass is 430 g/mol. The van der Waals surface area contributed by atoms with Gasteiger partial charge in [0.25, 0.3) is 5.91 Å². The molecule has 0 atom stereocenters. The second-order valence-electron chi connectivity index (χ2n) is 7.42. The molecule has 0 radical (unpaired) electrons. The highest BCUT2D eigenvalue weighted by molar-refractivity contribution is 5.94. The molecule has 3 aromatic rings. The minimum atomic E-state index is -4.76. The van der Waals surface area contributed by atoms with E-state index >= 15 is 0 Å². The lowest BCUT2D eigenvalue weighted by atomic mass is 9.90. The van der Waals surface area contributed by atoms with Crippen molar-refractivity contribution in [1.29, 1.82) is 0 Å². The number of hydrogen-bond acceptors (Lipinski definition) is 4. The number of carbonyl (C=O) groups is 1. The summed E-state index contributed by atoms with van der Waals surface area (Å²) in [5.41, 5.74) is 1.35. The second kappa shape index (κ2) is 8.45. The molecule has 0 saturated carbocycles. The van der Waals surface area contributed by atoms with Crippen LogP contribution in [0.4, 0.5) is 13.2 Å². The van der Waals surface area contributed by atoms with Gasteiger partial charge in [-0.1, -0.05) is 0 Å². The molecule has 4 rings (SSSR count). The summed E-state index contributed by atoms with van der Waals surface area (Å²) in [4.78, 5) is 19.1. The number of rotatable bonds is 4. The van der Waals surface area contributed by atoms with E-state index in [2.05, 4.69) is 9.72 Å². The third kappa shape index (κ3) is 4.73. The topological polar surface area (TPSA) is 51.7 Å². The highest BCUT2D eigenvalue weighted by atomic mass is 19.4. The quantitative estimate of drug-likeness (QED) is 0.574. The molecule has 31 heavy (non-hydrogen) atoms. The number of piperidine rings is 1. The normalized spacial score (nSPS) is 15.2. The summed E-state index contributed by atoms with van der Waals surface area (Å²) in [7, 11) is 1.63. The van der Waals surface area contributed by atoms with Crippen LogP contribution in [0.2, 0.25) is 0 Å². The van der Waals surface area contributed by atoms with Crippen molar-refractivity contribution in [1.82, 2.24) is 9.88 Å². The number of likely N-dealkylation sites (tertiary alicyclic amines) is 1. The summed E-state index contributed by atoms with van der Waals surface area (Å²) < 4.78 is 46.0. The molecule has 8 heteroatoms. The zero-order valence-electron chi connectivity index (χ0n) is 16.9. The van der Waals surface area contributed by atoms with Gasteiger partial charge in [0.1, 0.15) is 11.5 Å². The maximum atomic E-state index is 12.8. The maximum Gasteiger partial charge on any atom is 0.573 e. The van der Waals surface area contributed by atoms with Crippen molar-refractivity contribution in [2.45, 2.75) is 25.1 Å². The van der Waals surface area contributed by atoms with Crippen LogP contribution in [0, 0.1) is 0 Å². The Hall–Kier alpha value is -3.29. The van der Waals surface area contributed by atoms with Crippen molar-refractivity contribution in [3.05, 3.63) is 66.0 Å². The number of ether oxygens (including phenoxy) is 2. The first-order valence-electron chi connectivity index (χ1n) is 9.92. The molecular formula is C23H21F3N2O3. The summed E-state index contributed by atoms with van der Waals surface area (Å²) in [5, 5.41) is 2.14. The van der Waals surface area contributed by atoms with Gasteiger partial charge in [-0.05, 0) is 66.8 Å². The number of amides is 1. The van der Waals surface area contributed by atoms with Crippen LogP contribution in [0.15, 0.2) is 54.7 Å². The molecule has 0 spiro atoms. The van der Waals surface area contributed by atoms with Gasteiger partial charge in [0, 0.05) is 36.2 Å². The zero-order chi connectivity index (χ0) is 22.0. The van der Waals surface area contributed by atoms with Gasteiger partial charge in [0.05, 0.1) is 12.8 Å². The van der Waals surface area contributed by atoms with E-state index in [4.69, 9.17) is 4.74 Å². The van der Waals surface area contributed by atoms with Crippen molar-refractivity contribution in [3.63, 3.8) is 0 Å². The summed E-state index contributed by atoms with van der Waals surface area (Å²) in [6.07, 6.45) is -1.44. The molecule has 1 saturated heterocycles. The van der Waals surface area contributed by atoms with Crippen LogP contribution < -0.4 is 9.47 Å². The molecule has 1 aromatic heterocycles. The number of methoxy groups -OCH3 is 1. The van der Waals surface area contributed by atoms with E-state index in [0.717, 1.165) is 47.2 Å². The average molecular weight is 430 g/mol. The van der Waals surface area contributed by atoms with Crippen LogP contribution in [-0.4, -0.2) is 42.4 Å². The van der Waals surface area contributed by atoms with Crippen LogP contribution in [-0.2, 0) is 0 Å². The van der Waals surface area contributed by atoms with Crippen molar-refractivity contribution in [2.75, 3.05) is 20.2 Å².